The fraction of sp³-hybridized carbons (Fsp3) is 0.318. The number of thiocarbonyl (C=S) groups is 1. The minimum Gasteiger partial charge on any atom is -0.493 e. The van der Waals surface area contributed by atoms with Crippen molar-refractivity contribution >= 4 is 34.8 Å². The molecule has 2 aromatic rings. The average Bonchev–Trinajstić information content (AvgIpc) is 2.71. The molecule has 0 heterocycles. The molecule has 6 nitrogen and oxygen atoms in total. The Balaban J connectivity index is 1.83. The number of nitrogens with one attached hydrogen (secondary N) is 3. The van der Waals surface area contributed by atoms with Crippen LogP contribution in [-0.4, -0.2) is 30.6 Å². The normalized spacial score (nSPS) is 10.3. The Morgan fingerprint density at radius 3 is 2.28 bits per heavy atom. The number of carbonyl (C=O) groups is 2. The molecule has 0 aliphatic heterocycles. The van der Waals surface area contributed by atoms with Crippen LogP contribution >= 0.6 is 12.2 Å². The van der Waals surface area contributed by atoms with Gasteiger partial charge >= 0.3 is 0 Å². The summed E-state index contributed by atoms with van der Waals surface area (Å²) in [6.45, 7) is 4.78. The van der Waals surface area contributed by atoms with Crippen molar-refractivity contribution in [1.29, 1.82) is 0 Å². The maximum absolute atomic E-state index is 12.3. The number of hydrogen-bond acceptors (Lipinski definition) is 4. The number of amides is 2. The van der Waals surface area contributed by atoms with E-state index in [4.69, 9.17) is 17.0 Å². The lowest BCUT2D eigenvalue weighted by Crippen LogP contribution is -2.34. The monoisotopic (exact) mass is 413 g/mol. The van der Waals surface area contributed by atoms with E-state index >= 15 is 0 Å². The van der Waals surface area contributed by atoms with Gasteiger partial charge in [0.1, 0.15) is 5.75 Å². The van der Waals surface area contributed by atoms with Gasteiger partial charge in [-0.3, -0.25) is 14.9 Å². The summed E-state index contributed by atoms with van der Waals surface area (Å²) in [5.74, 6) is 0.884. The van der Waals surface area contributed by atoms with Crippen molar-refractivity contribution in [3.63, 3.8) is 0 Å². The van der Waals surface area contributed by atoms with Crippen LogP contribution < -0.4 is 20.7 Å². The lowest BCUT2D eigenvalue weighted by atomic mass is 10.1. The lowest BCUT2D eigenvalue weighted by Gasteiger charge is -2.11. The molecular weight excluding hydrogens is 386 g/mol. The topological polar surface area (TPSA) is 79.5 Å². The fourth-order valence-electron chi connectivity index (χ4n) is 2.44. The highest BCUT2D eigenvalue weighted by molar-refractivity contribution is 7.80. The van der Waals surface area contributed by atoms with Crippen molar-refractivity contribution in [3.8, 4) is 5.75 Å². The van der Waals surface area contributed by atoms with Gasteiger partial charge in [-0.2, -0.15) is 0 Å². The molecule has 2 aromatic carbocycles. The molecule has 0 radical (unpaired) electrons. The molecule has 2 rings (SSSR count). The van der Waals surface area contributed by atoms with Crippen LogP contribution in [0.2, 0.25) is 0 Å². The van der Waals surface area contributed by atoms with E-state index in [9.17, 15) is 9.59 Å². The van der Waals surface area contributed by atoms with Gasteiger partial charge in [-0.05, 0) is 66.5 Å². The highest BCUT2D eigenvalue weighted by Gasteiger charge is 2.09. The van der Waals surface area contributed by atoms with Gasteiger partial charge in [0.2, 0.25) is 5.91 Å². The molecule has 0 atom stereocenters. The Hall–Kier alpha value is -2.93. The molecule has 0 bridgehead atoms. The highest BCUT2D eigenvalue weighted by Crippen LogP contribution is 2.14. The molecule has 2 amide bonds. The predicted molar refractivity (Wildman–Crippen MR) is 119 cm³/mol. The van der Waals surface area contributed by atoms with Crippen LogP contribution in [0.1, 0.15) is 36.2 Å². The van der Waals surface area contributed by atoms with Crippen molar-refractivity contribution in [2.24, 2.45) is 5.92 Å². The van der Waals surface area contributed by atoms with Gasteiger partial charge in [-0.25, -0.2) is 0 Å². The summed E-state index contributed by atoms with van der Waals surface area (Å²) in [6.07, 6.45) is 1.11. The first kappa shape index (κ1) is 22.4. The summed E-state index contributed by atoms with van der Waals surface area (Å²) >= 11 is 5.22. The zero-order valence-corrected chi connectivity index (χ0v) is 17.8. The Morgan fingerprint density at radius 2 is 1.69 bits per heavy atom. The van der Waals surface area contributed by atoms with E-state index in [2.05, 4.69) is 29.8 Å². The van der Waals surface area contributed by atoms with E-state index in [0.29, 0.717) is 30.9 Å². The van der Waals surface area contributed by atoms with Gasteiger partial charge in [0.05, 0.1) is 6.61 Å². The molecule has 7 heteroatoms. The first-order valence-corrected chi connectivity index (χ1v) is 9.93. The van der Waals surface area contributed by atoms with Gasteiger partial charge in [-0.1, -0.05) is 26.0 Å². The lowest BCUT2D eigenvalue weighted by molar-refractivity contribution is -0.120. The van der Waals surface area contributed by atoms with Crippen LogP contribution in [0.25, 0.3) is 0 Å². The molecule has 0 aliphatic carbocycles. The molecule has 29 heavy (non-hydrogen) atoms. The number of benzene rings is 2. The first-order valence-electron chi connectivity index (χ1n) is 9.52. The van der Waals surface area contributed by atoms with E-state index in [1.54, 1.807) is 31.3 Å². The van der Waals surface area contributed by atoms with E-state index in [1.165, 1.54) is 0 Å². The largest absolute Gasteiger partial charge is 0.493 e. The molecule has 3 N–H and O–H groups in total. The van der Waals surface area contributed by atoms with Gasteiger partial charge in [0, 0.05) is 24.7 Å². The highest BCUT2D eigenvalue weighted by atomic mass is 32.1. The summed E-state index contributed by atoms with van der Waals surface area (Å²) in [5.41, 5.74) is 2.31. The van der Waals surface area contributed by atoms with Crippen LogP contribution in [0, 0.1) is 5.92 Å². The molecule has 154 valence electrons. The molecule has 0 saturated carbocycles. The Labute approximate surface area is 177 Å². The van der Waals surface area contributed by atoms with Crippen molar-refractivity contribution in [3.05, 3.63) is 59.7 Å². The van der Waals surface area contributed by atoms with Crippen LogP contribution in [-0.2, 0) is 11.2 Å². The van der Waals surface area contributed by atoms with E-state index in [0.717, 1.165) is 17.0 Å². The number of anilines is 1. The van der Waals surface area contributed by atoms with Gasteiger partial charge in [0.15, 0.2) is 5.11 Å². The standard InChI is InChI=1S/C22H27N3O3S/c1-15(2)14-28-19-11-7-17(8-12-19)21(27)25-22(29)24-18-9-4-16(5-10-18)6-13-20(26)23-3/h4-5,7-12,15H,6,13-14H2,1-3H3,(H,23,26)(H2,24,25,27,29). The summed E-state index contributed by atoms with van der Waals surface area (Å²) in [5, 5.41) is 8.47. The van der Waals surface area contributed by atoms with Crippen LogP contribution in [0.5, 0.6) is 5.75 Å². The number of ether oxygens (including phenoxy) is 1. The van der Waals surface area contributed by atoms with E-state index in [-0.39, 0.29) is 16.9 Å². The van der Waals surface area contributed by atoms with Gasteiger partial charge in [-0.15, -0.1) is 0 Å². The summed E-state index contributed by atoms with van der Waals surface area (Å²) in [7, 11) is 1.62. The number of carbonyl (C=O) groups excluding carboxylic acids is 2. The Bertz CT molecular complexity index is 833. The van der Waals surface area contributed by atoms with E-state index < -0.39 is 0 Å². The average molecular weight is 414 g/mol. The smallest absolute Gasteiger partial charge is 0.257 e. The number of rotatable bonds is 8. The third kappa shape index (κ3) is 7.91. The molecule has 0 spiro atoms. The summed E-state index contributed by atoms with van der Waals surface area (Å²) in [4.78, 5) is 23.6. The molecule has 0 aliphatic rings. The third-order valence-electron chi connectivity index (χ3n) is 4.06. The summed E-state index contributed by atoms with van der Waals surface area (Å²) < 4.78 is 5.62. The van der Waals surface area contributed by atoms with Crippen molar-refractivity contribution in [1.82, 2.24) is 10.6 Å². The minimum absolute atomic E-state index is 0.00982. The summed E-state index contributed by atoms with van der Waals surface area (Å²) in [6, 6.07) is 14.5. The Kier molecular flexibility index (Phi) is 8.61. The molecule has 0 saturated heterocycles. The van der Waals surface area contributed by atoms with Crippen LogP contribution in [0.15, 0.2) is 48.5 Å². The maximum Gasteiger partial charge on any atom is 0.257 e. The first-order chi connectivity index (χ1) is 13.9. The predicted octanol–water partition coefficient (Wildman–Crippen LogP) is 3.53. The quantitative estimate of drug-likeness (QED) is 0.577. The Morgan fingerprint density at radius 1 is 1.03 bits per heavy atom. The molecule has 0 fully saturated rings. The van der Waals surface area contributed by atoms with Crippen molar-refractivity contribution in [2.45, 2.75) is 26.7 Å². The zero-order valence-electron chi connectivity index (χ0n) is 17.0. The zero-order chi connectivity index (χ0) is 21.2. The van der Waals surface area contributed by atoms with Gasteiger partial charge < -0.3 is 15.4 Å². The second-order valence-electron chi connectivity index (χ2n) is 7.01. The van der Waals surface area contributed by atoms with Crippen LogP contribution in [0.4, 0.5) is 5.69 Å². The molecular formula is C22H27N3O3S. The van der Waals surface area contributed by atoms with Crippen molar-refractivity contribution in [2.75, 3.05) is 19.0 Å². The van der Waals surface area contributed by atoms with Gasteiger partial charge in [0.25, 0.3) is 5.91 Å². The second-order valence-corrected chi connectivity index (χ2v) is 7.42. The molecule has 0 unspecified atom stereocenters. The third-order valence-corrected chi connectivity index (χ3v) is 4.26. The fourth-order valence-corrected chi connectivity index (χ4v) is 2.65. The second kappa shape index (κ2) is 11.2. The molecule has 0 aromatic heterocycles. The van der Waals surface area contributed by atoms with Crippen LogP contribution in [0.3, 0.4) is 0 Å². The minimum atomic E-state index is -0.292. The van der Waals surface area contributed by atoms with Crippen molar-refractivity contribution < 1.29 is 14.3 Å². The SMILES string of the molecule is CNC(=O)CCc1ccc(NC(=S)NC(=O)c2ccc(OCC(C)C)cc2)cc1. The maximum atomic E-state index is 12.3. The number of hydrogen-bond donors (Lipinski definition) is 3. The van der Waals surface area contributed by atoms with E-state index in [1.807, 2.05) is 24.3 Å². The number of aryl methyl sites for hydroxylation is 1.